The predicted molar refractivity (Wildman–Crippen MR) is 86.0 cm³/mol. The highest BCUT2D eigenvalue weighted by molar-refractivity contribution is 8.00. The normalized spacial score (nSPS) is 46.0. The number of thioether (sulfide) groups is 1. The van der Waals surface area contributed by atoms with E-state index in [0.29, 0.717) is 23.2 Å². The van der Waals surface area contributed by atoms with Crippen LogP contribution in [0.1, 0.15) is 39.7 Å². The predicted octanol–water partition coefficient (Wildman–Crippen LogP) is 3.86. The molecule has 3 aliphatic carbocycles. The van der Waals surface area contributed by atoms with Gasteiger partial charge in [0.25, 0.3) is 0 Å². The van der Waals surface area contributed by atoms with Crippen molar-refractivity contribution in [2.24, 2.45) is 23.2 Å². The second kappa shape index (κ2) is 5.00. The third-order valence-corrected chi connectivity index (χ3v) is 7.50. The Kier molecular flexibility index (Phi) is 3.09. The van der Waals surface area contributed by atoms with Gasteiger partial charge in [0.15, 0.2) is 0 Å². The fourth-order valence-corrected chi connectivity index (χ4v) is 6.00. The topological polar surface area (TPSA) is 29.5 Å². The van der Waals surface area contributed by atoms with Gasteiger partial charge in [-0.1, -0.05) is 44.2 Å². The molecular weight excluding hydrogens is 280 g/mol. The molecule has 1 aromatic rings. The van der Waals surface area contributed by atoms with Gasteiger partial charge in [-0.2, -0.15) is 0 Å². The van der Waals surface area contributed by atoms with Crippen molar-refractivity contribution >= 4 is 11.8 Å². The van der Waals surface area contributed by atoms with Crippen LogP contribution in [0.25, 0.3) is 0 Å². The van der Waals surface area contributed by atoms with E-state index in [1.54, 1.807) is 11.8 Å². The Morgan fingerprint density at radius 3 is 2.81 bits per heavy atom. The second-order valence-electron chi connectivity index (χ2n) is 7.36. The van der Waals surface area contributed by atoms with Crippen LogP contribution in [0.2, 0.25) is 0 Å². The van der Waals surface area contributed by atoms with Crippen LogP contribution in [0.3, 0.4) is 0 Å². The van der Waals surface area contributed by atoms with Crippen LogP contribution >= 0.6 is 11.8 Å². The summed E-state index contributed by atoms with van der Waals surface area (Å²) in [5.41, 5.74) is -0.0635. The van der Waals surface area contributed by atoms with Crippen molar-refractivity contribution < 1.29 is 11.2 Å². The third-order valence-electron chi connectivity index (χ3n) is 6.08. The van der Waals surface area contributed by atoms with Crippen LogP contribution < -0.4 is 0 Å². The van der Waals surface area contributed by atoms with Crippen molar-refractivity contribution in [2.75, 3.05) is 6.61 Å². The molecular formula is C18H24O2S. The minimum atomic E-state index is -1.27. The lowest BCUT2D eigenvalue weighted by Gasteiger charge is -2.63. The molecule has 1 aromatic carbocycles. The Labute approximate surface area is 132 Å². The molecule has 114 valence electrons. The zero-order valence-electron chi connectivity index (χ0n) is 13.7. The lowest BCUT2D eigenvalue weighted by Crippen LogP contribution is -2.59. The van der Waals surface area contributed by atoms with Crippen molar-refractivity contribution in [2.45, 2.75) is 43.5 Å². The fourth-order valence-electron chi connectivity index (χ4n) is 4.53. The molecule has 1 N–H and O–H groups in total. The number of aliphatic hydroxyl groups is 1. The van der Waals surface area contributed by atoms with Crippen molar-refractivity contribution in [1.29, 1.82) is 0 Å². The maximum absolute atomic E-state index is 10.6. The van der Waals surface area contributed by atoms with Gasteiger partial charge in [-0.25, -0.2) is 0 Å². The monoisotopic (exact) mass is 305 g/mol. The van der Waals surface area contributed by atoms with Crippen LogP contribution in [0.5, 0.6) is 0 Å². The standard InChI is InChI=1S/C18H24O2S/c1-18(2)12-8-14(18)13-10-20-17(21-15(13)9-12)16(19)11-6-4-3-5-7-11/h3-7,12-17,19H,8-10H2,1-2H3/t12-,13+,14+,15+,16-,17-/m1/s1/i17D. The largest absolute Gasteiger partial charge is 0.385 e. The summed E-state index contributed by atoms with van der Waals surface area (Å²) in [6.45, 7) is 5.38. The first-order valence-electron chi connectivity index (χ1n) is 8.46. The maximum atomic E-state index is 10.6. The molecule has 0 radical (unpaired) electrons. The van der Waals surface area contributed by atoms with Gasteiger partial charge >= 0.3 is 0 Å². The summed E-state index contributed by atoms with van der Waals surface area (Å²) >= 11 is 1.55. The fraction of sp³-hybridized carbons (Fsp3) is 0.667. The van der Waals surface area contributed by atoms with E-state index < -0.39 is 11.5 Å². The minimum Gasteiger partial charge on any atom is -0.385 e. The van der Waals surface area contributed by atoms with E-state index in [4.69, 9.17) is 6.11 Å². The molecule has 3 heteroatoms. The SMILES string of the molecule is [2H][C@@]1([C@H](O)c2ccccc2)OC[C@@H]2[C@H](C[C@H]3C[C@@H]2C3(C)C)S1. The highest BCUT2D eigenvalue weighted by atomic mass is 32.2. The molecule has 2 nitrogen and oxygen atoms in total. The molecule has 1 aliphatic heterocycles. The number of aliphatic hydroxyl groups excluding tert-OH is 1. The van der Waals surface area contributed by atoms with Gasteiger partial charge < -0.3 is 9.84 Å². The highest BCUT2D eigenvalue weighted by Gasteiger charge is 2.59. The van der Waals surface area contributed by atoms with Crippen LogP contribution in [0.15, 0.2) is 30.3 Å². The summed E-state index contributed by atoms with van der Waals surface area (Å²) < 4.78 is 14.6. The Bertz CT molecular complexity index is 563. The first-order valence-corrected chi connectivity index (χ1v) is 8.84. The zero-order chi connectivity index (χ0) is 15.5. The highest BCUT2D eigenvalue weighted by Crippen LogP contribution is 2.64. The average Bonchev–Trinajstić information content (AvgIpc) is 2.54. The van der Waals surface area contributed by atoms with Crippen molar-refractivity contribution in [3.63, 3.8) is 0 Å². The molecule has 5 rings (SSSR count). The first kappa shape index (κ1) is 13.0. The molecule has 0 aromatic heterocycles. The van der Waals surface area contributed by atoms with E-state index in [2.05, 4.69) is 13.8 Å². The average molecular weight is 305 g/mol. The van der Waals surface area contributed by atoms with E-state index >= 15 is 0 Å². The molecule has 0 spiro atoms. The van der Waals surface area contributed by atoms with Gasteiger partial charge in [0.2, 0.25) is 0 Å². The smallest absolute Gasteiger partial charge is 0.133 e. The van der Waals surface area contributed by atoms with E-state index in [1.807, 2.05) is 30.3 Å². The Balaban J connectivity index is 1.53. The molecule has 0 unspecified atom stereocenters. The summed E-state index contributed by atoms with van der Waals surface area (Å²) in [4.78, 5) is 0. The van der Waals surface area contributed by atoms with E-state index in [0.717, 1.165) is 17.4 Å². The van der Waals surface area contributed by atoms with E-state index in [1.165, 1.54) is 12.8 Å². The van der Waals surface area contributed by atoms with Crippen LogP contribution in [0.4, 0.5) is 0 Å². The van der Waals surface area contributed by atoms with Crippen LogP contribution in [0, 0.1) is 23.2 Å². The Morgan fingerprint density at radius 1 is 1.33 bits per heavy atom. The molecule has 1 heterocycles. The van der Waals surface area contributed by atoms with E-state index in [9.17, 15) is 5.11 Å². The maximum Gasteiger partial charge on any atom is 0.133 e. The number of ether oxygens (including phenoxy) is 1. The van der Waals surface area contributed by atoms with Gasteiger partial charge in [-0.15, -0.1) is 11.8 Å². The molecule has 3 saturated carbocycles. The molecule has 2 bridgehead atoms. The van der Waals surface area contributed by atoms with Crippen molar-refractivity contribution in [3.8, 4) is 0 Å². The Hall–Kier alpha value is -0.510. The molecule has 1 saturated heterocycles. The summed E-state index contributed by atoms with van der Waals surface area (Å²) in [6, 6.07) is 9.47. The van der Waals surface area contributed by atoms with Crippen LogP contribution in [-0.2, 0) is 4.74 Å². The number of hydrogen-bond donors (Lipinski definition) is 1. The van der Waals surface area contributed by atoms with Crippen molar-refractivity contribution in [3.05, 3.63) is 35.9 Å². The van der Waals surface area contributed by atoms with Gasteiger partial charge in [-0.05, 0) is 41.6 Å². The lowest BCUT2D eigenvalue weighted by molar-refractivity contribution is -0.135. The van der Waals surface area contributed by atoms with Crippen molar-refractivity contribution in [1.82, 2.24) is 0 Å². The van der Waals surface area contributed by atoms with Gasteiger partial charge in [0.1, 0.15) is 11.5 Å². The van der Waals surface area contributed by atoms with E-state index in [-0.39, 0.29) is 0 Å². The molecule has 0 amide bonds. The molecule has 21 heavy (non-hydrogen) atoms. The summed E-state index contributed by atoms with van der Waals surface area (Å²) in [6.07, 6.45) is 1.60. The second-order valence-corrected chi connectivity index (χ2v) is 8.60. The quantitative estimate of drug-likeness (QED) is 0.899. The molecule has 4 aliphatic rings. The first-order chi connectivity index (χ1) is 10.4. The summed E-state index contributed by atoms with van der Waals surface area (Å²) in [5, 5.41) is 11.1. The Morgan fingerprint density at radius 2 is 2.10 bits per heavy atom. The number of benzene rings is 1. The summed E-state index contributed by atoms with van der Waals surface area (Å²) in [5.74, 6) is 2.05. The number of rotatable bonds is 2. The number of hydrogen-bond acceptors (Lipinski definition) is 3. The molecule has 4 fully saturated rings. The minimum absolute atomic E-state index is 0.436. The zero-order valence-corrected chi connectivity index (χ0v) is 13.5. The van der Waals surface area contributed by atoms with Gasteiger partial charge in [0.05, 0.1) is 7.98 Å². The van der Waals surface area contributed by atoms with Gasteiger partial charge in [0, 0.05) is 5.25 Å². The molecule has 6 atom stereocenters. The van der Waals surface area contributed by atoms with Crippen LogP contribution in [-0.4, -0.2) is 22.4 Å². The summed E-state index contributed by atoms with van der Waals surface area (Å²) in [7, 11) is 0. The lowest BCUT2D eigenvalue weighted by atomic mass is 9.45. The third kappa shape index (κ3) is 2.16. The van der Waals surface area contributed by atoms with Gasteiger partial charge in [-0.3, -0.25) is 0 Å².